The zero-order valence-corrected chi connectivity index (χ0v) is 10.7. The molecule has 0 spiro atoms. The molecule has 0 radical (unpaired) electrons. The van der Waals surface area contributed by atoms with Gasteiger partial charge in [-0.25, -0.2) is 8.42 Å². The van der Waals surface area contributed by atoms with Crippen LogP contribution in [0, 0.1) is 0 Å². The molecule has 0 N–H and O–H groups in total. The van der Waals surface area contributed by atoms with Crippen LogP contribution in [0.25, 0.3) is 6.08 Å². The van der Waals surface area contributed by atoms with Gasteiger partial charge in [0.2, 0.25) is 0 Å². The smallest absolute Gasteiger partial charge is 0.189 e. The van der Waals surface area contributed by atoms with E-state index in [0.717, 1.165) is 11.8 Å². The molecule has 0 saturated carbocycles. The van der Waals surface area contributed by atoms with Crippen molar-refractivity contribution >= 4 is 15.9 Å². The third kappa shape index (κ3) is 6.09. The summed E-state index contributed by atoms with van der Waals surface area (Å²) in [7, 11) is -3.08. The fourth-order valence-corrected chi connectivity index (χ4v) is 1.47. The van der Waals surface area contributed by atoms with Gasteiger partial charge >= 0.3 is 0 Å². The lowest BCUT2D eigenvalue weighted by Crippen LogP contribution is -2.01. The molecule has 0 aliphatic rings. The van der Waals surface area contributed by atoms with Crippen LogP contribution in [-0.4, -0.2) is 28.1 Å². The highest BCUT2D eigenvalue weighted by Gasteiger charge is 1.95. The van der Waals surface area contributed by atoms with Gasteiger partial charge in [-0.05, 0) is 30.7 Å². The van der Waals surface area contributed by atoms with Gasteiger partial charge in [0, 0.05) is 18.3 Å². The van der Waals surface area contributed by atoms with Crippen molar-refractivity contribution in [2.24, 2.45) is 0 Å². The van der Waals surface area contributed by atoms with Gasteiger partial charge in [0.25, 0.3) is 0 Å². The monoisotopic (exact) mass is 256 g/mol. The predicted molar refractivity (Wildman–Crippen MR) is 67.4 cm³/mol. The molecule has 5 heteroatoms. The molecule has 94 valence electrons. The summed E-state index contributed by atoms with van der Waals surface area (Å²) in [6.45, 7) is 2.71. The summed E-state index contributed by atoms with van der Waals surface area (Å²) in [6, 6.07) is 7.09. The number of ether oxygens (including phenoxy) is 2. The average molecular weight is 256 g/mol. The average Bonchev–Trinajstić information content (AvgIpc) is 2.27. The molecule has 0 atom stereocenters. The zero-order chi connectivity index (χ0) is 12.7. The molecular formula is C12H16O4S. The maximum absolute atomic E-state index is 10.9. The van der Waals surface area contributed by atoms with Crippen molar-refractivity contribution in [1.29, 1.82) is 0 Å². The van der Waals surface area contributed by atoms with E-state index in [1.165, 1.54) is 5.41 Å². The lowest BCUT2D eigenvalue weighted by Gasteiger charge is -2.05. The SMILES string of the molecule is CCOCOc1ccc(/C=C/S(C)(=O)=O)cc1. The molecule has 0 bridgehead atoms. The van der Waals surface area contributed by atoms with Crippen LogP contribution in [0.5, 0.6) is 5.75 Å². The van der Waals surface area contributed by atoms with Gasteiger partial charge in [-0.3, -0.25) is 0 Å². The van der Waals surface area contributed by atoms with E-state index in [1.54, 1.807) is 30.3 Å². The predicted octanol–water partition coefficient (Wildman–Crippen LogP) is 2.07. The van der Waals surface area contributed by atoms with Gasteiger partial charge in [-0.15, -0.1) is 0 Å². The quantitative estimate of drug-likeness (QED) is 0.577. The second kappa shape index (κ2) is 6.42. The number of hydrogen-bond donors (Lipinski definition) is 0. The van der Waals surface area contributed by atoms with Crippen LogP contribution in [0.4, 0.5) is 0 Å². The van der Waals surface area contributed by atoms with Crippen LogP contribution in [0.3, 0.4) is 0 Å². The molecule has 0 aliphatic carbocycles. The highest BCUT2D eigenvalue weighted by molar-refractivity contribution is 7.93. The summed E-state index contributed by atoms with van der Waals surface area (Å²) in [5.41, 5.74) is 0.805. The Kier molecular flexibility index (Phi) is 5.18. The minimum absolute atomic E-state index is 0.217. The molecule has 0 aliphatic heterocycles. The molecule has 4 nitrogen and oxygen atoms in total. The number of rotatable bonds is 6. The zero-order valence-electron chi connectivity index (χ0n) is 9.92. The van der Waals surface area contributed by atoms with E-state index in [2.05, 4.69) is 0 Å². The first-order valence-electron chi connectivity index (χ1n) is 5.20. The second-order valence-electron chi connectivity index (χ2n) is 3.46. The molecule has 0 saturated heterocycles. The first kappa shape index (κ1) is 13.7. The first-order chi connectivity index (χ1) is 8.01. The highest BCUT2D eigenvalue weighted by Crippen LogP contribution is 2.13. The molecule has 0 aromatic heterocycles. The maximum atomic E-state index is 10.9. The van der Waals surface area contributed by atoms with E-state index in [0.29, 0.717) is 12.4 Å². The Hall–Kier alpha value is -1.33. The molecule has 1 rings (SSSR count). The number of sulfone groups is 1. The van der Waals surface area contributed by atoms with Gasteiger partial charge < -0.3 is 9.47 Å². The third-order valence-corrected chi connectivity index (χ3v) is 2.53. The Labute approximate surface area is 102 Å². The second-order valence-corrected chi connectivity index (χ2v) is 5.39. The van der Waals surface area contributed by atoms with E-state index in [4.69, 9.17) is 9.47 Å². The number of benzene rings is 1. The van der Waals surface area contributed by atoms with Crippen molar-refractivity contribution in [3.05, 3.63) is 35.2 Å². The summed E-state index contributed by atoms with van der Waals surface area (Å²) < 4.78 is 32.2. The van der Waals surface area contributed by atoms with Crippen LogP contribution in [0.15, 0.2) is 29.7 Å². The van der Waals surface area contributed by atoms with Gasteiger partial charge in [-0.2, -0.15) is 0 Å². The fourth-order valence-electron chi connectivity index (χ4n) is 1.07. The topological polar surface area (TPSA) is 52.6 Å². The Morgan fingerprint density at radius 1 is 1.24 bits per heavy atom. The molecule has 1 aromatic carbocycles. The maximum Gasteiger partial charge on any atom is 0.189 e. The largest absolute Gasteiger partial charge is 0.468 e. The summed E-state index contributed by atoms with van der Waals surface area (Å²) in [5.74, 6) is 0.690. The van der Waals surface area contributed by atoms with Crippen molar-refractivity contribution in [1.82, 2.24) is 0 Å². The summed E-state index contributed by atoms with van der Waals surface area (Å²) in [4.78, 5) is 0. The summed E-state index contributed by atoms with van der Waals surface area (Å²) in [5, 5.41) is 1.17. The molecule has 0 fully saturated rings. The van der Waals surface area contributed by atoms with E-state index in [-0.39, 0.29) is 6.79 Å². The van der Waals surface area contributed by atoms with E-state index >= 15 is 0 Å². The highest BCUT2D eigenvalue weighted by atomic mass is 32.2. The van der Waals surface area contributed by atoms with Crippen molar-refractivity contribution in [2.75, 3.05) is 19.7 Å². The molecule has 0 amide bonds. The lowest BCUT2D eigenvalue weighted by molar-refractivity contribution is 0.0224. The first-order valence-corrected chi connectivity index (χ1v) is 7.15. The van der Waals surface area contributed by atoms with Crippen LogP contribution in [-0.2, 0) is 14.6 Å². The Morgan fingerprint density at radius 3 is 2.41 bits per heavy atom. The molecule has 17 heavy (non-hydrogen) atoms. The van der Waals surface area contributed by atoms with Gasteiger partial charge in [-0.1, -0.05) is 12.1 Å². The van der Waals surface area contributed by atoms with Crippen molar-refractivity contribution < 1.29 is 17.9 Å². The van der Waals surface area contributed by atoms with Crippen molar-refractivity contribution in [2.45, 2.75) is 6.92 Å². The van der Waals surface area contributed by atoms with Crippen LogP contribution < -0.4 is 4.74 Å². The van der Waals surface area contributed by atoms with Crippen LogP contribution >= 0.6 is 0 Å². The van der Waals surface area contributed by atoms with E-state index < -0.39 is 9.84 Å². The number of hydrogen-bond acceptors (Lipinski definition) is 4. The van der Waals surface area contributed by atoms with Gasteiger partial charge in [0.05, 0.1) is 0 Å². The Morgan fingerprint density at radius 2 is 1.88 bits per heavy atom. The van der Waals surface area contributed by atoms with Gasteiger partial charge in [0.1, 0.15) is 5.75 Å². The Balaban J connectivity index is 2.59. The molecular weight excluding hydrogens is 240 g/mol. The standard InChI is InChI=1S/C12H16O4S/c1-3-15-10-16-12-6-4-11(5-7-12)8-9-17(2,13)14/h4-9H,3,10H2,1-2H3/b9-8+. The summed E-state index contributed by atoms with van der Waals surface area (Å²) in [6.07, 6.45) is 2.70. The van der Waals surface area contributed by atoms with Crippen molar-refractivity contribution in [3.8, 4) is 5.75 Å². The van der Waals surface area contributed by atoms with Crippen molar-refractivity contribution in [3.63, 3.8) is 0 Å². The third-order valence-electron chi connectivity index (χ3n) is 1.90. The fraction of sp³-hybridized carbons (Fsp3) is 0.333. The van der Waals surface area contributed by atoms with Crippen LogP contribution in [0.1, 0.15) is 12.5 Å². The molecule has 1 aromatic rings. The van der Waals surface area contributed by atoms with Crippen LogP contribution in [0.2, 0.25) is 0 Å². The lowest BCUT2D eigenvalue weighted by atomic mass is 10.2. The minimum Gasteiger partial charge on any atom is -0.468 e. The molecule has 0 unspecified atom stereocenters. The summed E-state index contributed by atoms with van der Waals surface area (Å²) >= 11 is 0. The van der Waals surface area contributed by atoms with E-state index in [1.807, 2.05) is 6.92 Å². The Bertz CT molecular complexity index is 460. The minimum atomic E-state index is -3.08. The normalized spacial score (nSPS) is 11.9. The van der Waals surface area contributed by atoms with E-state index in [9.17, 15) is 8.42 Å². The molecule has 0 heterocycles. The van der Waals surface area contributed by atoms with Gasteiger partial charge in [0.15, 0.2) is 16.6 Å².